The van der Waals surface area contributed by atoms with E-state index in [0.29, 0.717) is 23.6 Å². The number of rotatable bonds is 8. The minimum absolute atomic E-state index is 0.000390. The number of carboxylic acid groups (broad SMARTS) is 1. The van der Waals surface area contributed by atoms with E-state index in [0.717, 1.165) is 0 Å². The van der Waals surface area contributed by atoms with Gasteiger partial charge in [0.25, 0.3) is 0 Å². The summed E-state index contributed by atoms with van der Waals surface area (Å²) in [6.07, 6.45) is 0.475. The number of amides is 2. The fraction of sp³-hybridized carbons (Fsp3) is 0.471. The summed E-state index contributed by atoms with van der Waals surface area (Å²) >= 11 is 0. The molecule has 1 fully saturated rings. The number of hydrogen-bond donors (Lipinski definition) is 2. The topological polar surface area (TPSA) is 105 Å². The molecule has 0 aliphatic carbocycles. The van der Waals surface area contributed by atoms with E-state index >= 15 is 0 Å². The van der Waals surface area contributed by atoms with Gasteiger partial charge < -0.3 is 24.8 Å². The number of carbonyl (C=O) groups excluding carboxylic acids is 2. The first-order valence-electron chi connectivity index (χ1n) is 7.97. The second-order valence-corrected chi connectivity index (χ2v) is 5.76. The van der Waals surface area contributed by atoms with E-state index in [1.807, 2.05) is 0 Å². The van der Waals surface area contributed by atoms with Crippen molar-refractivity contribution in [2.45, 2.75) is 19.3 Å². The number of benzene rings is 1. The van der Waals surface area contributed by atoms with Gasteiger partial charge in [0.1, 0.15) is 11.5 Å². The lowest BCUT2D eigenvalue weighted by molar-refractivity contribution is -0.137. The van der Waals surface area contributed by atoms with Gasteiger partial charge in [-0.2, -0.15) is 0 Å². The number of hydrogen-bond acceptors (Lipinski definition) is 5. The summed E-state index contributed by atoms with van der Waals surface area (Å²) in [4.78, 5) is 36.5. The van der Waals surface area contributed by atoms with Crippen molar-refractivity contribution in [1.82, 2.24) is 5.32 Å². The number of nitrogens with one attached hydrogen (secondary N) is 1. The predicted octanol–water partition coefficient (Wildman–Crippen LogP) is 1.04. The molecular weight excluding hydrogens is 328 g/mol. The summed E-state index contributed by atoms with van der Waals surface area (Å²) in [6, 6.07) is 5.14. The third kappa shape index (κ3) is 4.85. The van der Waals surface area contributed by atoms with Crippen LogP contribution >= 0.6 is 0 Å². The van der Waals surface area contributed by atoms with Crippen molar-refractivity contribution >= 4 is 23.5 Å². The van der Waals surface area contributed by atoms with Crippen LogP contribution in [0.2, 0.25) is 0 Å². The van der Waals surface area contributed by atoms with Gasteiger partial charge in [0.15, 0.2) is 0 Å². The molecule has 25 heavy (non-hydrogen) atoms. The highest BCUT2D eigenvalue weighted by Crippen LogP contribution is 2.32. The Bertz CT molecular complexity index is 638. The van der Waals surface area contributed by atoms with Crippen molar-refractivity contribution < 1.29 is 29.0 Å². The smallest absolute Gasteiger partial charge is 0.303 e. The number of aliphatic carboxylic acids is 1. The Morgan fingerprint density at radius 3 is 2.44 bits per heavy atom. The highest BCUT2D eigenvalue weighted by Gasteiger charge is 2.35. The Morgan fingerprint density at radius 1 is 1.24 bits per heavy atom. The summed E-state index contributed by atoms with van der Waals surface area (Å²) in [5, 5.41) is 11.3. The van der Waals surface area contributed by atoms with Crippen LogP contribution in [-0.2, 0) is 14.4 Å². The van der Waals surface area contributed by atoms with Crippen molar-refractivity contribution in [2.75, 3.05) is 32.2 Å². The zero-order valence-electron chi connectivity index (χ0n) is 14.3. The highest BCUT2D eigenvalue weighted by atomic mass is 16.5. The summed E-state index contributed by atoms with van der Waals surface area (Å²) in [5.74, 6) is -0.637. The number of carboxylic acids is 1. The van der Waals surface area contributed by atoms with Crippen LogP contribution in [0.5, 0.6) is 11.5 Å². The first-order chi connectivity index (χ1) is 11.9. The van der Waals surface area contributed by atoms with E-state index in [4.69, 9.17) is 14.6 Å². The fourth-order valence-electron chi connectivity index (χ4n) is 2.68. The third-order valence-corrected chi connectivity index (χ3v) is 4.01. The van der Waals surface area contributed by atoms with Crippen LogP contribution in [0.15, 0.2) is 18.2 Å². The van der Waals surface area contributed by atoms with Crippen LogP contribution in [0.1, 0.15) is 19.3 Å². The molecule has 0 spiro atoms. The van der Waals surface area contributed by atoms with Crippen molar-refractivity contribution in [1.29, 1.82) is 0 Å². The molecule has 8 heteroatoms. The molecule has 0 bridgehead atoms. The predicted molar refractivity (Wildman–Crippen MR) is 89.9 cm³/mol. The first-order valence-corrected chi connectivity index (χ1v) is 7.97. The van der Waals surface area contributed by atoms with Crippen molar-refractivity contribution in [3.8, 4) is 11.5 Å². The molecule has 1 heterocycles. The van der Waals surface area contributed by atoms with E-state index in [9.17, 15) is 14.4 Å². The van der Waals surface area contributed by atoms with Gasteiger partial charge in [-0.15, -0.1) is 0 Å². The van der Waals surface area contributed by atoms with Crippen LogP contribution < -0.4 is 19.7 Å². The molecule has 1 aliphatic rings. The molecule has 2 rings (SSSR count). The highest BCUT2D eigenvalue weighted by molar-refractivity contribution is 6.00. The summed E-state index contributed by atoms with van der Waals surface area (Å²) in [6.45, 7) is 0.544. The molecule has 0 radical (unpaired) electrons. The maximum absolute atomic E-state index is 12.3. The zero-order chi connectivity index (χ0) is 18.4. The zero-order valence-corrected chi connectivity index (χ0v) is 14.3. The number of nitrogens with zero attached hydrogens (tertiary/aromatic N) is 1. The van der Waals surface area contributed by atoms with Gasteiger partial charge in [-0.1, -0.05) is 0 Å². The summed E-state index contributed by atoms with van der Waals surface area (Å²) in [5.41, 5.74) is 0.613. The molecule has 2 amide bonds. The molecule has 0 aromatic heterocycles. The van der Waals surface area contributed by atoms with Crippen molar-refractivity contribution in [2.24, 2.45) is 5.92 Å². The number of ether oxygens (including phenoxy) is 2. The molecule has 1 aromatic rings. The Kier molecular flexibility index (Phi) is 6.21. The average molecular weight is 350 g/mol. The summed E-state index contributed by atoms with van der Waals surface area (Å²) < 4.78 is 10.4. The minimum atomic E-state index is -0.900. The SMILES string of the molecule is COc1cc(OC)cc(N2CC(C(=O)NCCCC(=O)O)CC2=O)c1. The Balaban J connectivity index is 2.00. The van der Waals surface area contributed by atoms with E-state index in [-0.39, 0.29) is 37.7 Å². The van der Waals surface area contributed by atoms with Gasteiger partial charge >= 0.3 is 5.97 Å². The van der Waals surface area contributed by atoms with E-state index < -0.39 is 11.9 Å². The van der Waals surface area contributed by atoms with Gasteiger partial charge in [0.05, 0.1) is 25.8 Å². The van der Waals surface area contributed by atoms with Gasteiger partial charge in [-0.05, 0) is 6.42 Å². The van der Waals surface area contributed by atoms with Crippen molar-refractivity contribution in [3.63, 3.8) is 0 Å². The quantitative estimate of drug-likeness (QED) is 0.679. The second-order valence-electron chi connectivity index (χ2n) is 5.76. The largest absolute Gasteiger partial charge is 0.497 e. The molecule has 1 saturated heterocycles. The van der Waals surface area contributed by atoms with Crippen LogP contribution in [0.25, 0.3) is 0 Å². The Labute approximate surface area is 145 Å². The molecule has 1 unspecified atom stereocenters. The minimum Gasteiger partial charge on any atom is -0.497 e. The van der Waals surface area contributed by atoms with Gasteiger partial charge in [-0.25, -0.2) is 0 Å². The monoisotopic (exact) mass is 350 g/mol. The van der Waals surface area contributed by atoms with Crippen LogP contribution in [-0.4, -0.2) is 50.2 Å². The second kappa shape index (κ2) is 8.36. The normalized spacial score (nSPS) is 16.6. The molecular formula is C17H22N2O6. The number of methoxy groups -OCH3 is 2. The Hall–Kier alpha value is -2.77. The molecule has 1 atom stereocenters. The van der Waals surface area contributed by atoms with Gasteiger partial charge in [0.2, 0.25) is 11.8 Å². The molecule has 8 nitrogen and oxygen atoms in total. The lowest BCUT2D eigenvalue weighted by Gasteiger charge is -2.18. The third-order valence-electron chi connectivity index (χ3n) is 4.01. The van der Waals surface area contributed by atoms with Gasteiger partial charge in [0, 0.05) is 44.1 Å². The van der Waals surface area contributed by atoms with Gasteiger partial charge in [-0.3, -0.25) is 14.4 Å². The fourth-order valence-corrected chi connectivity index (χ4v) is 2.68. The first kappa shape index (κ1) is 18.6. The van der Waals surface area contributed by atoms with E-state index in [1.165, 1.54) is 19.1 Å². The number of anilines is 1. The molecule has 2 N–H and O–H groups in total. The molecule has 136 valence electrons. The average Bonchev–Trinajstić information content (AvgIpc) is 2.99. The van der Waals surface area contributed by atoms with E-state index in [2.05, 4.69) is 5.32 Å². The summed E-state index contributed by atoms with van der Waals surface area (Å²) in [7, 11) is 3.05. The van der Waals surface area contributed by atoms with Crippen LogP contribution in [0.4, 0.5) is 5.69 Å². The van der Waals surface area contributed by atoms with Crippen LogP contribution in [0, 0.1) is 5.92 Å². The number of carbonyl (C=O) groups is 3. The molecule has 0 saturated carbocycles. The lowest BCUT2D eigenvalue weighted by Crippen LogP contribution is -2.33. The van der Waals surface area contributed by atoms with E-state index in [1.54, 1.807) is 18.2 Å². The maximum atomic E-state index is 12.3. The molecule has 1 aliphatic heterocycles. The Morgan fingerprint density at radius 2 is 1.88 bits per heavy atom. The maximum Gasteiger partial charge on any atom is 0.303 e. The standard InChI is InChI=1S/C17H22N2O6/c1-24-13-7-12(8-14(9-13)25-2)19-10-11(6-15(19)20)17(23)18-5-3-4-16(21)22/h7-9,11H,3-6,10H2,1-2H3,(H,18,23)(H,21,22). The molecule has 1 aromatic carbocycles. The van der Waals surface area contributed by atoms with Crippen molar-refractivity contribution in [3.05, 3.63) is 18.2 Å². The lowest BCUT2D eigenvalue weighted by atomic mass is 10.1. The van der Waals surface area contributed by atoms with Crippen LogP contribution in [0.3, 0.4) is 0 Å².